The first-order valence-electron chi connectivity index (χ1n) is 3.64. The van der Waals surface area contributed by atoms with Gasteiger partial charge in [-0.1, -0.05) is 0 Å². The molecule has 2 unspecified atom stereocenters. The second-order valence-corrected chi connectivity index (χ2v) is 4.42. The molecule has 0 saturated carbocycles. The van der Waals surface area contributed by atoms with E-state index in [-0.39, 0.29) is 12.0 Å². The molecular weight excluding hydrogens is 242 g/mol. The lowest BCUT2D eigenvalue weighted by Gasteiger charge is -2.07. The summed E-state index contributed by atoms with van der Waals surface area (Å²) in [5.41, 5.74) is 0. The first-order valence-corrected chi connectivity index (χ1v) is 5.31. The number of aromatic nitrogens is 1. The van der Waals surface area contributed by atoms with Crippen molar-refractivity contribution in [3.63, 3.8) is 0 Å². The molecule has 1 aliphatic rings. The van der Waals surface area contributed by atoms with Crippen LogP contribution in [0.5, 0.6) is 0 Å². The van der Waals surface area contributed by atoms with Gasteiger partial charge in [0.2, 0.25) is 0 Å². The molecule has 0 amide bonds. The Labute approximate surface area is 82.5 Å². The van der Waals surface area contributed by atoms with Gasteiger partial charge in [-0.3, -0.25) is 0 Å². The summed E-state index contributed by atoms with van der Waals surface area (Å²) in [6.45, 7) is 1.02. The van der Waals surface area contributed by atoms with E-state index in [9.17, 15) is 5.11 Å². The van der Waals surface area contributed by atoms with Crippen molar-refractivity contribution in [3.8, 4) is 0 Å². The highest BCUT2D eigenvalue weighted by Gasteiger charge is 2.29. The standard InChI is InChI=1S/C7H8BrNO2S/c8-6-3-12-7(9-6)4-1-11-2-5(4)10/h3-5,10H,1-2H2. The fourth-order valence-electron chi connectivity index (χ4n) is 1.22. The molecule has 3 nitrogen and oxygen atoms in total. The Balaban J connectivity index is 2.19. The summed E-state index contributed by atoms with van der Waals surface area (Å²) in [5.74, 6) is 0.0706. The Morgan fingerprint density at radius 1 is 1.67 bits per heavy atom. The van der Waals surface area contributed by atoms with Crippen LogP contribution in [0.1, 0.15) is 10.9 Å². The van der Waals surface area contributed by atoms with E-state index in [1.54, 1.807) is 11.3 Å². The maximum Gasteiger partial charge on any atom is 0.117 e. The highest BCUT2D eigenvalue weighted by Crippen LogP contribution is 2.29. The largest absolute Gasteiger partial charge is 0.390 e. The molecule has 12 heavy (non-hydrogen) atoms. The monoisotopic (exact) mass is 249 g/mol. The molecule has 66 valence electrons. The average Bonchev–Trinajstić information content (AvgIpc) is 2.58. The zero-order valence-corrected chi connectivity index (χ0v) is 8.64. The van der Waals surface area contributed by atoms with Crippen molar-refractivity contribution in [1.29, 1.82) is 0 Å². The summed E-state index contributed by atoms with van der Waals surface area (Å²) >= 11 is 4.83. The van der Waals surface area contributed by atoms with E-state index in [1.807, 2.05) is 5.38 Å². The van der Waals surface area contributed by atoms with E-state index < -0.39 is 0 Å². The highest BCUT2D eigenvalue weighted by molar-refractivity contribution is 9.10. The molecule has 0 radical (unpaired) electrons. The molecular formula is C7H8BrNO2S. The first kappa shape index (κ1) is 8.62. The lowest BCUT2D eigenvalue weighted by molar-refractivity contribution is 0.124. The summed E-state index contributed by atoms with van der Waals surface area (Å²) in [6, 6.07) is 0. The van der Waals surface area contributed by atoms with Gasteiger partial charge in [0.05, 0.1) is 25.2 Å². The molecule has 2 rings (SSSR count). The molecule has 5 heteroatoms. The molecule has 1 fully saturated rings. The van der Waals surface area contributed by atoms with Crippen LogP contribution in [0.15, 0.2) is 9.98 Å². The van der Waals surface area contributed by atoms with Crippen molar-refractivity contribution in [2.45, 2.75) is 12.0 Å². The molecule has 0 bridgehead atoms. The van der Waals surface area contributed by atoms with Gasteiger partial charge in [-0.15, -0.1) is 11.3 Å². The number of halogens is 1. The minimum absolute atomic E-state index is 0.0706. The minimum atomic E-state index is -0.386. The second-order valence-electron chi connectivity index (χ2n) is 2.72. The summed E-state index contributed by atoms with van der Waals surface area (Å²) in [6.07, 6.45) is -0.386. The van der Waals surface area contributed by atoms with E-state index in [0.29, 0.717) is 13.2 Å². The maximum atomic E-state index is 9.48. The molecule has 1 aromatic rings. The zero-order valence-electron chi connectivity index (χ0n) is 6.24. The van der Waals surface area contributed by atoms with Crippen LogP contribution in [0.25, 0.3) is 0 Å². The molecule has 1 aromatic heterocycles. The number of aliphatic hydroxyl groups is 1. The summed E-state index contributed by atoms with van der Waals surface area (Å²) in [5, 5.41) is 12.3. The lowest BCUT2D eigenvalue weighted by atomic mass is 10.1. The van der Waals surface area contributed by atoms with Gasteiger partial charge in [-0.25, -0.2) is 4.98 Å². The van der Waals surface area contributed by atoms with Gasteiger partial charge in [-0.2, -0.15) is 0 Å². The fourth-order valence-corrected chi connectivity index (χ4v) is 2.63. The van der Waals surface area contributed by atoms with Crippen molar-refractivity contribution in [2.75, 3.05) is 13.2 Å². The number of aliphatic hydroxyl groups excluding tert-OH is 1. The van der Waals surface area contributed by atoms with Crippen molar-refractivity contribution in [3.05, 3.63) is 15.0 Å². The van der Waals surface area contributed by atoms with Crippen molar-refractivity contribution in [2.24, 2.45) is 0 Å². The lowest BCUT2D eigenvalue weighted by Crippen LogP contribution is -2.15. The summed E-state index contributed by atoms with van der Waals surface area (Å²) in [7, 11) is 0. The topological polar surface area (TPSA) is 42.4 Å². The molecule has 2 atom stereocenters. The summed E-state index contributed by atoms with van der Waals surface area (Å²) < 4.78 is 5.97. The molecule has 1 saturated heterocycles. The Kier molecular flexibility index (Phi) is 2.45. The van der Waals surface area contributed by atoms with Gasteiger partial charge < -0.3 is 9.84 Å². The van der Waals surface area contributed by atoms with E-state index in [1.165, 1.54) is 0 Å². The average molecular weight is 250 g/mol. The number of rotatable bonds is 1. The molecule has 1 N–H and O–H groups in total. The van der Waals surface area contributed by atoms with E-state index in [4.69, 9.17) is 4.74 Å². The summed E-state index contributed by atoms with van der Waals surface area (Å²) in [4.78, 5) is 4.24. The number of nitrogens with zero attached hydrogens (tertiary/aromatic N) is 1. The maximum absolute atomic E-state index is 9.48. The van der Waals surface area contributed by atoms with Gasteiger partial charge in [0.1, 0.15) is 9.61 Å². The van der Waals surface area contributed by atoms with Crippen LogP contribution in [0.3, 0.4) is 0 Å². The zero-order chi connectivity index (χ0) is 8.55. The Hall–Kier alpha value is 0.0300. The van der Waals surface area contributed by atoms with Crippen LogP contribution in [0.2, 0.25) is 0 Å². The van der Waals surface area contributed by atoms with Gasteiger partial charge in [-0.05, 0) is 15.9 Å². The van der Waals surface area contributed by atoms with Crippen molar-refractivity contribution < 1.29 is 9.84 Å². The SMILES string of the molecule is OC1COCC1c1nc(Br)cs1. The predicted octanol–water partition coefficient (Wildman–Crippen LogP) is 1.38. The molecule has 0 aliphatic carbocycles. The normalized spacial score (nSPS) is 29.5. The Morgan fingerprint density at radius 2 is 2.50 bits per heavy atom. The number of thiazole rings is 1. The van der Waals surface area contributed by atoms with Crippen LogP contribution < -0.4 is 0 Å². The second kappa shape index (κ2) is 3.41. The van der Waals surface area contributed by atoms with Crippen LogP contribution in [-0.4, -0.2) is 29.4 Å². The molecule has 2 heterocycles. The molecule has 0 spiro atoms. The van der Waals surface area contributed by atoms with Crippen molar-refractivity contribution in [1.82, 2.24) is 4.98 Å². The fraction of sp³-hybridized carbons (Fsp3) is 0.571. The van der Waals surface area contributed by atoms with Crippen molar-refractivity contribution >= 4 is 27.3 Å². The molecule has 1 aliphatic heterocycles. The Morgan fingerprint density at radius 3 is 3.00 bits per heavy atom. The Bertz CT molecular complexity index is 278. The number of ether oxygens (including phenoxy) is 1. The first-order chi connectivity index (χ1) is 5.77. The number of hydrogen-bond acceptors (Lipinski definition) is 4. The third-order valence-electron chi connectivity index (χ3n) is 1.86. The quantitative estimate of drug-likeness (QED) is 0.818. The van der Waals surface area contributed by atoms with Crippen LogP contribution >= 0.6 is 27.3 Å². The van der Waals surface area contributed by atoms with Gasteiger partial charge in [0, 0.05) is 5.38 Å². The van der Waals surface area contributed by atoms with Crippen LogP contribution in [0.4, 0.5) is 0 Å². The van der Waals surface area contributed by atoms with Gasteiger partial charge in [0.15, 0.2) is 0 Å². The third-order valence-corrected chi connectivity index (χ3v) is 3.55. The predicted molar refractivity (Wildman–Crippen MR) is 49.4 cm³/mol. The molecule has 0 aromatic carbocycles. The number of hydrogen-bond donors (Lipinski definition) is 1. The van der Waals surface area contributed by atoms with E-state index in [2.05, 4.69) is 20.9 Å². The van der Waals surface area contributed by atoms with E-state index in [0.717, 1.165) is 9.61 Å². The smallest absolute Gasteiger partial charge is 0.117 e. The highest BCUT2D eigenvalue weighted by atomic mass is 79.9. The third kappa shape index (κ3) is 1.54. The van der Waals surface area contributed by atoms with Gasteiger partial charge >= 0.3 is 0 Å². The van der Waals surface area contributed by atoms with E-state index >= 15 is 0 Å². The van der Waals surface area contributed by atoms with Gasteiger partial charge in [0.25, 0.3) is 0 Å². The van der Waals surface area contributed by atoms with Crippen LogP contribution in [-0.2, 0) is 4.74 Å². The van der Waals surface area contributed by atoms with Crippen LogP contribution in [0, 0.1) is 0 Å². The minimum Gasteiger partial charge on any atom is -0.390 e.